The van der Waals surface area contributed by atoms with Crippen molar-refractivity contribution in [2.24, 2.45) is 7.05 Å². The van der Waals surface area contributed by atoms with Crippen molar-refractivity contribution >= 4 is 23.2 Å². The van der Waals surface area contributed by atoms with E-state index in [4.69, 9.17) is 4.74 Å². The number of pyridine rings is 1. The fraction of sp³-hybridized carbons (Fsp3) is 0.391. The molecule has 0 aromatic carbocycles. The van der Waals surface area contributed by atoms with Gasteiger partial charge in [-0.15, -0.1) is 11.3 Å². The van der Waals surface area contributed by atoms with Crippen LogP contribution in [0.3, 0.4) is 0 Å². The number of aromatic nitrogens is 3. The monoisotopic (exact) mass is 453 g/mol. The molecule has 8 nitrogen and oxygen atoms in total. The summed E-state index contributed by atoms with van der Waals surface area (Å²) in [7, 11) is 1.85. The Hall–Kier alpha value is -3.04. The number of ether oxygens (including phenoxy) is 1. The molecule has 4 heterocycles. The summed E-state index contributed by atoms with van der Waals surface area (Å²) in [6.45, 7) is 1.69. The molecule has 2 amide bonds. The van der Waals surface area contributed by atoms with Crippen LogP contribution >= 0.6 is 11.3 Å². The maximum Gasteiger partial charge on any atom is 0.242 e. The van der Waals surface area contributed by atoms with Crippen LogP contribution in [-0.2, 0) is 40.9 Å². The lowest BCUT2D eigenvalue weighted by molar-refractivity contribution is -0.139. The minimum absolute atomic E-state index is 0.0232. The molecule has 1 saturated heterocycles. The Morgan fingerprint density at radius 1 is 1.22 bits per heavy atom. The topological polar surface area (TPSA) is 80.6 Å². The van der Waals surface area contributed by atoms with Crippen molar-refractivity contribution < 1.29 is 14.3 Å². The van der Waals surface area contributed by atoms with E-state index in [1.54, 1.807) is 44.4 Å². The van der Waals surface area contributed by atoms with Crippen LogP contribution in [-0.4, -0.2) is 62.1 Å². The molecule has 1 aliphatic heterocycles. The number of nitrogens with zero attached hydrogens (tertiary/aromatic N) is 5. The van der Waals surface area contributed by atoms with Crippen LogP contribution in [0.2, 0.25) is 0 Å². The fourth-order valence-corrected chi connectivity index (χ4v) is 4.45. The molecular formula is C23H27N5O3S. The lowest BCUT2D eigenvalue weighted by Gasteiger charge is -2.24. The van der Waals surface area contributed by atoms with Crippen molar-refractivity contribution in [1.29, 1.82) is 0 Å². The Morgan fingerprint density at radius 3 is 2.84 bits per heavy atom. The highest BCUT2D eigenvalue weighted by atomic mass is 32.1. The number of aryl methyl sites for hydroxylation is 2. The van der Waals surface area contributed by atoms with Gasteiger partial charge in [-0.05, 0) is 29.5 Å². The zero-order valence-corrected chi connectivity index (χ0v) is 18.9. The van der Waals surface area contributed by atoms with Crippen LogP contribution < -0.4 is 0 Å². The number of hydrogen-bond acceptors (Lipinski definition) is 6. The number of thiophene rings is 1. The second-order valence-corrected chi connectivity index (χ2v) is 8.98. The van der Waals surface area contributed by atoms with Crippen LogP contribution in [0.1, 0.15) is 22.4 Å². The highest BCUT2D eigenvalue weighted by Crippen LogP contribution is 2.16. The van der Waals surface area contributed by atoms with Crippen molar-refractivity contribution in [1.82, 2.24) is 24.6 Å². The van der Waals surface area contributed by atoms with E-state index in [1.807, 2.05) is 42.9 Å². The molecule has 0 radical (unpaired) electrons. The van der Waals surface area contributed by atoms with Gasteiger partial charge in [0.05, 0.1) is 25.5 Å². The van der Waals surface area contributed by atoms with Crippen molar-refractivity contribution in [2.45, 2.75) is 32.1 Å². The molecule has 0 spiro atoms. The van der Waals surface area contributed by atoms with Gasteiger partial charge in [-0.2, -0.15) is 5.10 Å². The largest absolute Gasteiger partial charge is 0.370 e. The first-order valence-corrected chi connectivity index (χ1v) is 11.5. The molecule has 0 aliphatic carbocycles. The predicted octanol–water partition coefficient (Wildman–Crippen LogP) is 2.27. The van der Waals surface area contributed by atoms with Crippen molar-refractivity contribution in [3.63, 3.8) is 0 Å². The summed E-state index contributed by atoms with van der Waals surface area (Å²) in [5.74, 6) is -0.101. The minimum Gasteiger partial charge on any atom is -0.370 e. The second-order valence-electron chi connectivity index (χ2n) is 7.94. The minimum atomic E-state index is -0.288. The van der Waals surface area contributed by atoms with Gasteiger partial charge in [0.25, 0.3) is 0 Å². The van der Waals surface area contributed by atoms with E-state index < -0.39 is 0 Å². The van der Waals surface area contributed by atoms with Crippen LogP contribution in [0.25, 0.3) is 0 Å². The molecule has 1 unspecified atom stereocenters. The molecule has 9 heteroatoms. The van der Waals surface area contributed by atoms with Gasteiger partial charge < -0.3 is 14.5 Å². The van der Waals surface area contributed by atoms with Gasteiger partial charge in [-0.3, -0.25) is 19.3 Å². The van der Waals surface area contributed by atoms with E-state index in [9.17, 15) is 9.59 Å². The summed E-state index contributed by atoms with van der Waals surface area (Å²) >= 11 is 1.64. The smallest absolute Gasteiger partial charge is 0.242 e. The van der Waals surface area contributed by atoms with E-state index in [0.29, 0.717) is 39.1 Å². The predicted molar refractivity (Wildman–Crippen MR) is 121 cm³/mol. The molecule has 168 valence electrons. The van der Waals surface area contributed by atoms with Gasteiger partial charge in [0, 0.05) is 62.1 Å². The highest BCUT2D eigenvalue weighted by Gasteiger charge is 2.31. The molecule has 1 fully saturated rings. The van der Waals surface area contributed by atoms with Gasteiger partial charge in [0.2, 0.25) is 11.8 Å². The lowest BCUT2D eigenvalue weighted by Crippen LogP contribution is -2.39. The number of rotatable bonds is 8. The third-order valence-electron chi connectivity index (χ3n) is 5.39. The van der Waals surface area contributed by atoms with E-state index >= 15 is 0 Å². The van der Waals surface area contributed by atoms with E-state index in [0.717, 1.165) is 11.1 Å². The number of carbonyl (C=O) groups is 2. The summed E-state index contributed by atoms with van der Waals surface area (Å²) in [4.78, 5) is 34.7. The molecule has 3 aromatic heterocycles. The highest BCUT2D eigenvalue weighted by molar-refractivity contribution is 7.09. The fourth-order valence-electron chi connectivity index (χ4n) is 3.74. The van der Waals surface area contributed by atoms with Gasteiger partial charge >= 0.3 is 0 Å². The first-order valence-electron chi connectivity index (χ1n) is 10.6. The van der Waals surface area contributed by atoms with Crippen LogP contribution in [0.4, 0.5) is 0 Å². The third kappa shape index (κ3) is 6.02. The van der Waals surface area contributed by atoms with Gasteiger partial charge in [-0.25, -0.2) is 0 Å². The Morgan fingerprint density at radius 2 is 2.12 bits per heavy atom. The van der Waals surface area contributed by atoms with Crippen molar-refractivity contribution in [3.8, 4) is 0 Å². The van der Waals surface area contributed by atoms with Crippen molar-refractivity contribution in [3.05, 3.63) is 70.4 Å². The Bertz CT molecular complexity index is 1020. The summed E-state index contributed by atoms with van der Waals surface area (Å²) in [6, 6.07) is 7.83. The molecule has 0 bridgehead atoms. The average molecular weight is 454 g/mol. The van der Waals surface area contributed by atoms with Crippen LogP contribution in [0.15, 0.2) is 54.4 Å². The number of amides is 2. The molecular weight excluding hydrogens is 426 g/mol. The maximum absolute atomic E-state index is 13.0. The average Bonchev–Trinajstić information content (AvgIpc) is 3.43. The molecule has 1 atom stereocenters. The summed E-state index contributed by atoms with van der Waals surface area (Å²) in [5.41, 5.74) is 1.90. The van der Waals surface area contributed by atoms with Gasteiger partial charge in [0.15, 0.2) is 0 Å². The van der Waals surface area contributed by atoms with E-state index in [-0.39, 0.29) is 24.5 Å². The standard InChI is InChI=1S/C23H27N5O3S/c1-26-12-19(11-25-26)13-27-14-20(31-17-18-4-2-8-24-10-18)15-28(16-23(27)30)22(29)7-6-21-5-3-9-32-21/h2-5,8-12,20H,6-7,13-17H2,1H3. The molecule has 4 rings (SSSR count). The first kappa shape index (κ1) is 22.2. The normalized spacial score (nSPS) is 16.9. The molecule has 3 aromatic rings. The zero-order valence-electron chi connectivity index (χ0n) is 18.1. The summed E-state index contributed by atoms with van der Waals surface area (Å²) in [5, 5.41) is 6.20. The van der Waals surface area contributed by atoms with Gasteiger partial charge in [-0.1, -0.05) is 12.1 Å². The van der Waals surface area contributed by atoms with E-state index in [1.165, 1.54) is 4.88 Å². The Kier molecular flexibility index (Phi) is 7.28. The Labute approximate surface area is 191 Å². The zero-order chi connectivity index (χ0) is 22.3. The number of carbonyl (C=O) groups excluding carboxylic acids is 2. The third-order valence-corrected chi connectivity index (χ3v) is 6.32. The molecule has 0 saturated carbocycles. The van der Waals surface area contributed by atoms with E-state index in [2.05, 4.69) is 10.1 Å². The molecule has 1 aliphatic rings. The lowest BCUT2D eigenvalue weighted by atomic mass is 10.2. The quantitative estimate of drug-likeness (QED) is 0.523. The van der Waals surface area contributed by atoms with Crippen LogP contribution in [0, 0.1) is 0 Å². The summed E-state index contributed by atoms with van der Waals surface area (Å²) in [6.07, 6.45) is 7.91. The van der Waals surface area contributed by atoms with Crippen LogP contribution in [0.5, 0.6) is 0 Å². The maximum atomic E-state index is 13.0. The molecule has 0 N–H and O–H groups in total. The number of hydrogen-bond donors (Lipinski definition) is 0. The van der Waals surface area contributed by atoms with Gasteiger partial charge in [0.1, 0.15) is 0 Å². The SMILES string of the molecule is Cn1cc(CN2CC(OCc3cccnc3)CN(C(=O)CCc3cccs3)CC2=O)cn1. The van der Waals surface area contributed by atoms with Crippen molar-refractivity contribution in [2.75, 3.05) is 19.6 Å². The first-order chi connectivity index (χ1) is 15.6. The molecule has 32 heavy (non-hydrogen) atoms. The summed E-state index contributed by atoms with van der Waals surface area (Å²) < 4.78 is 7.87. The second kappa shape index (κ2) is 10.5. The Balaban J connectivity index is 1.45.